The van der Waals surface area contributed by atoms with Crippen LogP contribution in [0.3, 0.4) is 0 Å². The molecule has 1 aliphatic heterocycles. The highest BCUT2D eigenvalue weighted by atomic mass is 79.9. The van der Waals surface area contributed by atoms with Gasteiger partial charge in [0.15, 0.2) is 5.16 Å². The molecule has 0 aliphatic carbocycles. The van der Waals surface area contributed by atoms with E-state index in [4.69, 9.17) is 4.74 Å². The largest absolute Gasteiger partial charge is 0.457 e. The first kappa shape index (κ1) is 17.8. The average molecular weight is 444 g/mol. The van der Waals surface area contributed by atoms with E-state index in [1.807, 2.05) is 24.3 Å². The number of hydrogen-bond acceptors (Lipinski definition) is 5. The predicted octanol–water partition coefficient (Wildman–Crippen LogP) is 4.16. The predicted molar refractivity (Wildman–Crippen MR) is 108 cm³/mol. The van der Waals surface area contributed by atoms with Crippen molar-refractivity contribution in [3.63, 3.8) is 0 Å². The number of carbonyl (C=O) groups is 1. The number of amides is 1. The molecule has 0 saturated heterocycles. The van der Waals surface area contributed by atoms with Crippen LogP contribution in [-0.2, 0) is 6.54 Å². The molecule has 3 aromatic rings. The average Bonchev–Trinajstić information content (AvgIpc) is 3.15. The number of halogens is 1. The molecule has 1 N–H and O–H groups in total. The minimum Gasteiger partial charge on any atom is -0.457 e. The topological polar surface area (TPSA) is 73.2 Å². The van der Waals surface area contributed by atoms with Gasteiger partial charge in [-0.3, -0.25) is 14.2 Å². The number of hydrogen-bond donors (Lipinski definition) is 1. The number of benzene rings is 2. The molecule has 6 nitrogen and oxygen atoms in total. The first-order valence-electron chi connectivity index (χ1n) is 8.17. The van der Waals surface area contributed by atoms with E-state index in [9.17, 15) is 9.59 Å². The monoisotopic (exact) mass is 443 g/mol. The van der Waals surface area contributed by atoms with Crippen LogP contribution in [0.2, 0.25) is 0 Å². The van der Waals surface area contributed by atoms with Gasteiger partial charge >= 0.3 is 0 Å². The Morgan fingerprint density at radius 3 is 2.48 bits per heavy atom. The van der Waals surface area contributed by atoms with Crippen molar-refractivity contribution in [2.75, 3.05) is 11.1 Å². The highest BCUT2D eigenvalue weighted by molar-refractivity contribution is 9.10. The maximum Gasteiger partial charge on any atom is 0.267 e. The van der Waals surface area contributed by atoms with Crippen LogP contribution in [-0.4, -0.2) is 21.2 Å². The third-order valence-corrected chi connectivity index (χ3v) is 5.46. The molecule has 1 aromatic heterocycles. The summed E-state index contributed by atoms with van der Waals surface area (Å²) in [5, 5.41) is 3.39. The van der Waals surface area contributed by atoms with Crippen molar-refractivity contribution >= 4 is 39.3 Å². The third-order valence-electron chi connectivity index (χ3n) is 3.96. The highest BCUT2D eigenvalue weighted by Gasteiger charge is 2.20. The van der Waals surface area contributed by atoms with E-state index in [0.717, 1.165) is 10.2 Å². The third kappa shape index (κ3) is 3.91. The van der Waals surface area contributed by atoms with Crippen LogP contribution in [0.25, 0.3) is 0 Å². The van der Waals surface area contributed by atoms with E-state index in [1.54, 1.807) is 24.3 Å². The van der Waals surface area contributed by atoms with Gasteiger partial charge in [0.05, 0.1) is 0 Å². The van der Waals surface area contributed by atoms with Crippen LogP contribution in [0.4, 0.5) is 5.69 Å². The van der Waals surface area contributed by atoms with Crippen molar-refractivity contribution < 1.29 is 9.53 Å². The normalized spacial score (nSPS) is 12.5. The molecule has 0 spiro atoms. The number of aromatic nitrogens is 2. The SMILES string of the molecule is O=C(Nc1ccc(Oc2ccc(Br)cc2)cc1)c1cnc2n(c1=O)CCS2. The number of carbonyl (C=O) groups excluding carboxylic acids is 1. The van der Waals surface area contributed by atoms with Gasteiger partial charge in [-0.15, -0.1) is 0 Å². The lowest BCUT2D eigenvalue weighted by Gasteiger charge is -2.09. The Morgan fingerprint density at radius 2 is 1.78 bits per heavy atom. The first-order chi connectivity index (χ1) is 13.1. The van der Waals surface area contributed by atoms with Gasteiger partial charge in [0, 0.05) is 28.7 Å². The van der Waals surface area contributed by atoms with Gasteiger partial charge in [-0.25, -0.2) is 4.98 Å². The summed E-state index contributed by atoms with van der Waals surface area (Å²) in [7, 11) is 0. The van der Waals surface area contributed by atoms with Gasteiger partial charge < -0.3 is 10.1 Å². The molecule has 1 aliphatic rings. The van der Waals surface area contributed by atoms with Crippen molar-refractivity contribution in [2.24, 2.45) is 0 Å². The Bertz CT molecular complexity index is 1050. The van der Waals surface area contributed by atoms with Crippen molar-refractivity contribution in [2.45, 2.75) is 11.7 Å². The van der Waals surface area contributed by atoms with Crippen LogP contribution < -0.4 is 15.6 Å². The molecule has 2 aromatic carbocycles. The number of rotatable bonds is 4. The second kappa shape index (κ2) is 7.58. The molecule has 8 heteroatoms. The molecular formula is C19H14BrN3O3S. The maximum absolute atomic E-state index is 12.4. The second-order valence-electron chi connectivity index (χ2n) is 5.79. The Morgan fingerprint density at radius 1 is 1.11 bits per heavy atom. The quantitative estimate of drug-likeness (QED) is 0.612. The lowest BCUT2D eigenvalue weighted by atomic mass is 10.2. The molecule has 0 saturated carbocycles. The summed E-state index contributed by atoms with van der Waals surface area (Å²) in [4.78, 5) is 29.0. The fourth-order valence-corrected chi connectivity index (χ4v) is 3.79. The molecule has 0 fully saturated rings. The molecule has 27 heavy (non-hydrogen) atoms. The van der Waals surface area contributed by atoms with Crippen LogP contribution in [0.5, 0.6) is 11.5 Å². The summed E-state index contributed by atoms with van der Waals surface area (Å²) in [6, 6.07) is 14.4. The van der Waals surface area contributed by atoms with Crippen LogP contribution in [0.15, 0.2) is 69.2 Å². The molecule has 0 bridgehead atoms. The molecule has 2 heterocycles. The molecule has 4 rings (SSSR count). The van der Waals surface area contributed by atoms with Gasteiger partial charge in [0.2, 0.25) is 0 Å². The van der Waals surface area contributed by atoms with Crippen molar-refractivity contribution in [3.8, 4) is 11.5 Å². The van der Waals surface area contributed by atoms with Crippen LogP contribution in [0, 0.1) is 0 Å². The zero-order valence-electron chi connectivity index (χ0n) is 14.0. The summed E-state index contributed by atoms with van der Waals surface area (Å²) in [6.07, 6.45) is 1.34. The zero-order valence-corrected chi connectivity index (χ0v) is 16.4. The summed E-state index contributed by atoms with van der Waals surface area (Å²) in [6.45, 7) is 0.578. The Hall–Kier alpha value is -2.58. The van der Waals surface area contributed by atoms with Crippen LogP contribution in [0.1, 0.15) is 10.4 Å². The van der Waals surface area contributed by atoms with Gasteiger partial charge in [-0.1, -0.05) is 27.7 Å². The number of fused-ring (bicyclic) bond motifs is 1. The van der Waals surface area contributed by atoms with Crippen molar-refractivity contribution in [1.29, 1.82) is 0 Å². The van der Waals surface area contributed by atoms with Gasteiger partial charge in [-0.2, -0.15) is 0 Å². The Labute approximate surface area is 167 Å². The maximum atomic E-state index is 12.4. The van der Waals surface area contributed by atoms with Crippen molar-refractivity contribution in [1.82, 2.24) is 9.55 Å². The molecule has 136 valence electrons. The number of thioether (sulfide) groups is 1. The number of nitrogens with zero attached hydrogens (tertiary/aromatic N) is 2. The lowest BCUT2D eigenvalue weighted by molar-refractivity contribution is 0.102. The van der Waals surface area contributed by atoms with Gasteiger partial charge in [0.25, 0.3) is 11.5 Å². The van der Waals surface area contributed by atoms with E-state index in [-0.39, 0.29) is 11.1 Å². The fraction of sp³-hybridized carbons (Fsp3) is 0.105. The van der Waals surface area contributed by atoms with Crippen LogP contribution >= 0.6 is 27.7 Å². The molecule has 1 amide bonds. The number of ether oxygens (including phenoxy) is 1. The summed E-state index contributed by atoms with van der Waals surface area (Å²) in [5.41, 5.74) is 0.302. The number of nitrogens with one attached hydrogen (secondary N) is 1. The Balaban J connectivity index is 1.46. The molecule has 0 unspecified atom stereocenters. The minimum atomic E-state index is -0.471. The smallest absolute Gasteiger partial charge is 0.267 e. The minimum absolute atomic E-state index is 0.0384. The van der Waals surface area contributed by atoms with E-state index in [2.05, 4.69) is 26.2 Å². The van der Waals surface area contributed by atoms with E-state index < -0.39 is 5.91 Å². The highest BCUT2D eigenvalue weighted by Crippen LogP contribution is 2.25. The first-order valence-corrected chi connectivity index (χ1v) is 9.95. The summed E-state index contributed by atoms with van der Waals surface area (Å²) >= 11 is 4.89. The standard InChI is InChI=1S/C19H14BrN3O3S/c20-12-1-5-14(6-2-12)26-15-7-3-13(4-8-15)22-17(24)16-11-21-19-23(18(16)25)9-10-27-19/h1-8,11H,9-10H2,(H,22,24). The lowest BCUT2D eigenvalue weighted by Crippen LogP contribution is -2.29. The van der Waals surface area contributed by atoms with Gasteiger partial charge in [0.1, 0.15) is 17.1 Å². The zero-order chi connectivity index (χ0) is 18.8. The molecular weight excluding hydrogens is 430 g/mol. The second-order valence-corrected chi connectivity index (χ2v) is 7.77. The van der Waals surface area contributed by atoms with E-state index in [1.165, 1.54) is 22.5 Å². The van der Waals surface area contributed by atoms with E-state index >= 15 is 0 Å². The van der Waals surface area contributed by atoms with Crippen molar-refractivity contribution in [3.05, 3.63) is 75.1 Å². The Kier molecular flexibility index (Phi) is 5.00. The molecule has 0 radical (unpaired) electrons. The summed E-state index contributed by atoms with van der Waals surface area (Å²) < 4.78 is 8.26. The number of anilines is 1. The summed E-state index contributed by atoms with van der Waals surface area (Å²) in [5.74, 6) is 1.69. The van der Waals surface area contributed by atoms with Gasteiger partial charge in [-0.05, 0) is 48.5 Å². The fourth-order valence-electron chi connectivity index (χ4n) is 2.62. The van der Waals surface area contributed by atoms with E-state index in [0.29, 0.717) is 28.9 Å². The molecule has 0 atom stereocenters.